The number of hydrogen-bond acceptors (Lipinski definition) is 8. The van der Waals surface area contributed by atoms with Crippen LogP contribution in [0.5, 0.6) is 0 Å². The maximum absolute atomic E-state index is 5.44. The van der Waals surface area contributed by atoms with Gasteiger partial charge in [-0.1, -0.05) is 0 Å². The molecule has 0 aromatic heterocycles. The van der Waals surface area contributed by atoms with Gasteiger partial charge in [-0.05, 0) is 66.5 Å². The van der Waals surface area contributed by atoms with Crippen molar-refractivity contribution < 1.29 is 0 Å². The van der Waals surface area contributed by atoms with E-state index in [1.54, 1.807) is 0 Å². The molecule has 0 saturated heterocycles. The lowest BCUT2D eigenvalue weighted by molar-refractivity contribution is 0.320. The van der Waals surface area contributed by atoms with Gasteiger partial charge in [0.25, 0.3) is 0 Å². The zero-order valence-corrected chi connectivity index (χ0v) is 22.5. The molecule has 0 atom stereocenters. The van der Waals surface area contributed by atoms with Crippen molar-refractivity contribution in [3.63, 3.8) is 0 Å². The Bertz CT molecular complexity index is 451. The molecule has 0 rings (SSSR count). The van der Waals surface area contributed by atoms with Crippen LogP contribution in [0.1, 0.15) is 13.8 Å². The van der Waals surface area contributed by atoms with Crippen molar-refractivity contribution in [2.75, 3.05) is 93.6 Å². The summed E-state index contributed by atoms with van der Waals surface area (Å²) in [4.78, 5) is 0. The number of nitrogens with one attached hydrogen (secondary N) is 10. The fourth-order valence-corrected chi connectivity index (χ4v) is 4.44. The van der Waals surface area contributed by atoms with Gasteiger partial charge in [-0.2, -0.15) is 0 Å². The monoisotopic (exact) mass is 492 g/mol. The Kier molecular flexibility index (Phi) is 18.1. The van der Waals surface area contributed by atoms with E-state index in [4.69, 9.17) is 24.4 Å². The van der Waals surface area contributed by atoms with Gasteiger partial charge in [-0.3, -0.25) is 0 Å². The fraction of sp³-hybridized carbons (Fsp3) is 0.900. The van der Waals surface area contributed by atoms with E-state index in [2.05, 4.69) is 53.2 Å². The average Bonchev–Trinajstić information content (AvgIpc) is 2.71. The van der Waals surface area contributed by atoms with Gasteiger partial charge in [0.05, 0.1) is 11.1 Å². The lowest BCUT2D eigenvalue weighted by atomic mass is 9.99. The third-order valence-electron chi connectivity index (χ3n) is 4.90. The van der Waals surface area contributed by atoms with E-state index in [1.807, 2.05) is 42.0 Å². The van der Waals surface area contributed by atoms with Crippen molar-refractivity contribution >= 4 is 34.7 Å². The second-order valence-corrected chi connectivity index (χ2v) is 8.82. The third-order valence-corrected chi connectivity index (χ3v) is 5.39. The van der Waals surface area contributed by atoms with Crippen LogP contribution in [0.3, 0.4) is 0 Å². The predicted octanol–water partition coefficient (Wildman–Crippen LogP) is -2.51. The molecule has 0 aromatic carbocycles. The lowest BCUT2D eigenvalue weighted by Crippen LogP contribution is -2.66. The topological polar surface area (TPSA) is 120 Å². The van der Waals surface area contributed by atoms with Crippen LogP contribution in [-0.4, -0.2) is 115 Å². The molecule has 0 heterocycles. The number of thiocarbonyl (C=S) groups is 2. The molecule has 12 heteroatoms. The van der Waals surface area contributed by atoms with Gasteiger partial charge in [0, 0.05) is 65.4 Å². The highest BCUT2D eigenvalue weighted by molar-refractivity contribution is 7.80. The van der Waals surface area contributed by atoms with Gasteiger partial charge in [0.1, 0.15) is 0 Å². The highest BCUT2D eigenvalue weighted by atomic mass is 32.1. The van der Waals surface area contributed by atoms with Gasteiger partial charge < -0.3 is 53.2 Å². The Morgan fingerprint density at radius 1 is 0.562 bits per heavy atom. The molecule has 0 aliphatic carbocycles. The molecule has 0 aliphatic rings. The largest absolute Gasteiger partial charge is 0.363 e. The Labute approximate surface area is 206 Å². The van der Waals surface area contributed by atoms with E-state index in [-0.39, 0.29) is 11.1 Å². The summed E-state index contributed by atoms with van der Waals surface area (Å²) in [6.45, 7) is 12.0. The smallest absolute Gasteiger partial charge is 0.166 e. The van der Waals surface area contributed by atoms with Gasteiger partial charge in [-0.15, -0.1) is 0 Å². The first-order valence-corrected chi connectivity index (χ1v) is 12.3. The predicted molar refractivity (Wildman–Crippen MR) is 146 cm³/mol. The van der Waals surface area contributed by atoms with Crippen LogP contribution in [-0.2, 0) is 0 Å². The van der Waals surface area contributed by atoms with E-state index in [0.717, 1.165) is 65.4 Å². The summed E-state index contributed by atoms with van der Waals surface area (Å²) in [7, 11) is 7.82. The first-order chi connectivity index (χ1) is 15.4. The number of hydrogen-bond donors (Lipinski definition) is 10. The quantitative estimate of drug-likeness (QED) is 0.0693. The fourth-order valence-electron chi connectivity index (χ4n) is 3.72. The average molecular weight is 493 g/mol. The zero-order chi connectivity index (χ0) is 24.3. The molecule has 0 bridgehead atoms. The van der Waals surface area contributed by atoms with Crippen LogP contribution >= 0.6 is 24.4 Å². The van der Waals surface area contributed by atoms with Crippen molar-refractivity contribution in [3.05, 3.63) is 0 Å². The van der Waals surface area contributed by atoms with Gasteiger partial charge in [-0.25, -0.2) is 0 Å². The summed E-state index contributed by atoms with van der Waals surface area (Å²) in [5, 5.41) is 34.9. The zero-order valence-electron chi connectivity index (χ0n) is 20.9. The Morgan fingerprint density at radius 2 is 0.875 bits per heavy atom. The standard InChI is InChI=1S/C20H48N10S2/c1-7-27-17(31)29-19(11-21-3,12-22-4)15-25-9-10-26-16-20(13-23-5,14-24-6)30-18(32)28-8-2/h21-26H,7-16H2,1-6H3,(H2,27,29,31)(H2,28,30,32). The summed E-state index contributed by atoms with van der Waals surface area (Å²) in [5.74, 6) is 0. The van der Waals surface area contributed by atoms with Crippen LogP contribution in [0.15, 0.2) is 0 Å². The van der Waals surface area contributed by atoms with Crippen LogP contribution in [0.4, 0.5) is 0 Å². The lowest BCUT2D eigenvalue weighted by Gasteiger charge is -2.37. The molecule has 0 spiro atoms. The van der Waals surface area contributed by atoms with Crippen molar-refractivity contribution in [2.24, 2.45) is 0 Å². The molecule has 0 amide bonds. The van der Waals surface area contributed by atoms with Gasteiger partial charge in [0.2, 0.25) is 0 Å². The minimum absolute atomic E-state index is 0.232. The molecular weight excluding hydrogens is 444 g/mol. The van der Waals surface area contributed by atoms with E-state index in [1.165, 1.54) is 0 Å². The van der Waals surface area contributed by atoms with Crippen molar-refractivity contribution in [1.29, 1.82) is 0 Å². The Balaban J connectivity index is 4.79. The molecule has 10 nitrogen and oxygen atoms in total. The molecule has 0 unspecified atom stereocenters. The number of rotatable bonds is 19. The summed E-state index contributed by atoms with van der Waals surface area (Å²) in [6.07, 6.45) is 0. The van der Waals surface area contributed by atoms with Crippen molar-refractivity contribution in [2.45, 2.75) is 24.9 Å². The van der Waals surface area contributed by atoms with Crippen molar-refractivity contribution in [1.82, 2.24) is 53.2 Å². The molecule has 0 fully saturated rings. The maximum Gasteiger partial charge on any atom is 0.166 e. The molecule has 0 radical (unpaired) electrons. The summed E-state index contributed by atoms with van der Waals surface area (Å²) >= 11 is 10.9. The van der Waals surface area contributed by atoms with E-state index >= 15 is 0 Å². The summed E-state index contributed by atoms with van der Waals surface area (Å²) in [5.41, 5.74) is -0.464. The Hall–Kier alpha value is -0.860. The third kappa shape index (κ3) is 13.0. The first-order valence-electron chi connectivity index (χ1n) is 11.5. The highest BCUT2D eigenvalue weighted by Crippen LogP contribution is 2.03. The summed E-state index contributed by atoms with van der Waals surface area (Å²) < 4.78 is 0. The van der Waals surface area contributed by atoms with Crippen LogP contribution < -0.4 is 53.2 Å². The minimum atomic E-state index is -0.232. The molecule has 0 saturated carbocycles. The molecule has 0 aliphatic heterocycles. The molecule has 0 aromatic rings. The second kappa shape index (κ2) is 18.6. The minimum Gasteiger partial charge on any atom is -0.363 e. The molecule has 10 N–H and O–H groups in total. The number of likely N-dealkylation sites (N-methyl/N-ethyl adjacent to an activating group) is 4. The van der Waals surface area contributed by atoms with Gasteiger partial charge in [0.15, 0.2) is 10.2 Å². The molecule has 190 valence electrons. The van der Waals surface area contributed by atoms with E-state index < -0.39 is 0 Å². The Morgan fingerprint density at radius 3 is 1.12 bits per heavy atom. The van der Waals surface area contributed by atoms with Crippen LogP contribution in [0, 0.1) is 0 Å². The van der Waals surface area contributed by atoms with Crippen LogP contribution in [0.25, 0.3) is 0 Å². The maximum atomic E-state index is 5.44. The van der Waals surface area contributed by atoms with E-state index in [9.17, 15) is 0 Å². The highest BCUT2D eigenvalue weighted by Gasteiger charge is 2.30. The van der Waals surface area contributed by atoms with Crippen molar-refractivity contribution in [3.8, 4) is 0 Å². The summed E-state index contributed by atoms with van der Waals surface area (Å²) in [6, 6.07) is 0. The SMILES string of the molecule is CCNC(=S)NC(CNC)(CNC)CNCCNCC(CNC)(CNC)NC(=S)NCC. The van der Waals surface area contributed by atoms with Crippen LogP contribution in [0.2, 0.25) is 0 Å². The van der Waals surface area contributed by atoms with Gasteiger partial charge >= 0.3 is 0 Å². The van der Waals surface area contributed by atoms with E-state index in [0.29, 0.717) is 10.2 Å². The second-order valence-electron chi connectivity index (χ2n) is 8.00. The normalized spacial score (nSPS) is 11.8. The molecular formula is C20H48N10S2. The molecule has 32 heavy (non-hydrogen) atoms. The first kappa shape index (κ1) is 31.1.